The molecule has 0 spiro atoms. The molecule has 0 atom stereocenters. The van der Waals surface area contributed by atoms with Gasteiger partial charge in [-0.3, -0.25) is 0 Å². The van der Waals surface area contributed by atoms with Gasteiger partial charge in [0.1, 0.15) is 0 Å². The molecule has 0 unspecified atom stereocenters. The second-order valence-corrected chi connectivity index (χ2v) is 0. The van der Waals surface area contributed by atoms with Gasteiger partial charge in [0, 0.05) is 0 Å². The average molecular weight is 250 g/mol. The first kappa shape index (κ1) is 8.82. The Balaban J connectivity index is 0. The van der Waals surface area contributed by atoms with E-state index in [0.29, 0.717) is 0 Å². The van der Waals surface area contributed by atoms with Gasteiger partial charge in [-0.05, 0) is 0 Å². The average Bonchev–Trinajstić information content (AvgIpc) is 1.50. The first-order chi connectivity index (χ1) is 2.00. The van der Waals surface area contributed by atoms with Crippen LogP contribution in [0.1, 0.15) is 0 Å². The van der Waals surface area contributed by atoms with Crippen molar-refractivity contribution < 1.29 is 7.39 Å². The Bertz CT molecular complexity index is 8.00. The van der Waals surface area contributed by atoms with Crippen molar-refractivity contribution in [1.82, 2.24) is 0 Å². The van der Waals surface area contributed by atoms with Gasteiger partial charge in [-0.15, -0.1) is 0 Å². The molecule has 0 saturated heterocycles. The van der Waals surface area contributed by atoms with E-state index in [0.717, 1.165) is 0 Å². The molecule has 19 valence electrons. The Hall–Kier alpha value is 0.587. The van der Waals surface area contributed by atoms with Gasteiger partial charge in [-0.1, -0.05) is 0 Å². The Morgan fingerprint density at radius 3 is 1.25 bits per heavy atom. The summed E-state index contributed by atoms with van der Waals surface area (Å²) >= 11 is 0.0556. The van der Waals surface area contributed by atoms with Crippen molar-refractivity contribution in [3.8, 4) is 0 Å². The van der Waals surface area contributed by atoms with Crippen molar-refractivity contribution in [2.75, 3.05) is 0 Å². The molecule has 0 heterocycles. The quantitative estimate of drug-likeness (QED) is 0.517. The van der Waals surface area contributed by atoms with Crippen molar-refractivity contribution in [2.24, 2.45) is 0 Å². The summed E-state index contributed by atoms with van der Waals surface area (Å²) in [6.45, 7) is 0. The monoisotopic (exact) mass is 251 g/mol. The summed E-state index contributed by atoms with van der Waals surface area (Å²) in [6.07, 6.45) is 0. The molecule has 2 nitrogen and oxygen atoms in total. The van der Waals surface area contributed by atoms with E-state index in [-0.39, 0.29) is 25.8 Å². The van der Waals surface area contributed by atoms with E-state index < -0.39 is 0 Å². The molecule has 0 aromatic carbocycles. The summed E-state index contributed by atoms with van der Waals surface area (Å²) in [6, 6.07) is 0. The van der Waals surface area contributed by atoms with Gasteiger partial charge in [-0.25, -0.2) is 0 Å². The topological polar surface area (TPSA) is 34.1 Å². The summed E-state index contributed by atoms with van der Waals surface area (Å²) in [5, 5.41) is 0. The molecule has 0 aliphatic carbocycles. The fraction of sp³-hybridized carbons (Fsp3) is 0. The van der Waals surface area contributed by atoms with Crippen molar-refractivity contribution in [3.63, 3.8) is 0 Å². The maximum atomic E-state index is 8.39. The molecule has 3 radical (unpaired) electrons. The van der Waals surface area contributed by atoms with E-state index >= 15 is 0 Å². The van der Waals surface area contributed by atoms with Crippen molar-refractivity contribution >= 4 is 33.5 Å². The maximum absolute atomic E-state index is 8.39. The van der Waals surface area contributed by atoms with Gasteiger partial charge in [0.2, 0.25) is 0 Å². The zero-order valence-corrected chi connectivity index (χ0v) is 5.78. The molecule has 0 aromatic heterocycles. The standard InChI is InChI=1S/BO.O.Pb/c1-2;;. The van der Waals surface area contributed by atoms with Crippen LogP contribution in [0.3, 0.4) is 0 Å². The Labute approximate surface area is 41.2 Å². The van der Waals surface area contributed by atoms with Crippen molar-refractivity contribution in [3.05, 3.63) is 0 Å². The van der Waals surface area contributed by atoms with E-state index in [2.05, 4.69) is 7.72 Å². The van der Waals surface area contributed by atoms with E-state index in [4.69, 9.17) is 7.39 Å². The van der Waals surface area contributed by atoms with Gasteiger partial charge in [0.05, 0.1) is 0 Å². The molecule has 0 aliphatic heterocycles. The van der Waals surface area contributed by atoms with Gasteiger partial charge in [0.15, 0.2) is 0 Å². The number of rotatable bonds is 0. The molecular formula is BO2Pb. The van der Waals surface area contributed by atoms with Crippen LogP contribution in [0.25, 0.3) is 0 Å². The number of hydrogen-bond acceptors (Lipinski definition) is 2. The number of hydrogen-bond donors (Lipinski definition) is 0. The van der Waals surface area contributed by atoms with Crippen LogP contribution in [0, 0.1) is 0 Å². The second-order valence-electron chi connectivity index (χ2n) is 0. The minimum atomic E-state index is 0.0556. The zero-order valence-electron chi connectivity index (χ0n) is 1.89. The van der Waals surface area contributed by atoms with Crippen LogP contribution in [0.2, 0.25) is 0 Å². The van der Waals surface area contributed by atoms with Crippen LogP contribution < -0.4 is 0 Å². The molecular weight excluding hydrogens is 250 g/mol. The fourth-order valence-electron chi connectivity index (χ4n) is 0. The SMILES string of the molecule is [B]=O.[O]=[Pb]. The Morgan fingerprint density at radius 1 is 1.25 bits per heavy atom. The molecule has 0 fully saturated rings. The van der Waals surface area contributed by atoms with Gasteiger partial charge in [0.25, 0.3) is 0 Å². The van der Waals surface area contributed by atoms with E-state index in [1.807, 2.05) is 0 Å². The van der Waals surface area contributed by atoms with E-state index in [1.54, 1.807) is 0 Å². The third kappa shape index (κ3) is 18.9. The summed E-state index contributed by atoms with van der Waals surface area (Å²) in [7, 11) is 3.25. The molecule has 0 bridgehead atoms. The molecule has 0 aromatic rings. The van der Waals surface area contributed by atoms with Crippen LogP contribution in [0.15, 0.2) is 0 Å². The van der Waals surface area contributed by atoms with E-state index in [9.17, 15) is 0 Å². The van der Waals surface area contributed by atoms with Crippen LogP contribution >= 0.6 is 0 Å². The summed E-state index contributed by atoms with van der Waals surface area (Å²) in [5.41, 5.74) is 0. The van der Waals surface area contributed by atoms with Crippen LogP contribution in [0.4, 0.5) is 0 Å². The zero-order chi connectivity index (χ0) is 4.00. The first-order valence-corrected chi connectivity index (χ1v) is 2.03. The predicted molar refractivity (Wildman–Crippen MR) is 12.9 cm³/mol. The summed E-state index contributed by atoms with van der Waals surface area (Å²) < 4.78 is 16.1. The first-order valence-electron chi connectivity index (χ1n) is 0.440. The molecule has 4 heteroatoms. The fourth-order valence-corrected chi connectivity index (χ4v) is 0. The Morgan fingerprint density at radius 2 is 1.25 bits per heavy atom. The molecule has 4 heavy (non-hydrogen) atoms. The molecule has 0 amide bonds. The predicted octanol–water partition coefficient (Wildman–Crippen LogP) is -0.999. The summed E-state index contributed by atoms with van der Waals surface area (Å²) in [5.74, 6) is 0. The normalized spacial score (nSPS) is 1.75. The molecule has 0 aliphatic rings. The van der Waals surface area contributed by atoms with Crippen LogP contribution in [-0.2, 0) is 7.39 Å². The van der Waals surface area contributed by atoms with Crippen LogP contribution in [0.5, 0.6) is 0 Å². The van der Waals surface area contributed by atoms with Gasteiger partial charge < -0.3 is 0 Å². The van der Waals surface area contributed by atoms with E-state index in [1.165, 1.54) is 0 Å². The van der Waals surface area contributed by atoms with Gasteiger partial charge >= 0.3 is 40.9 Å². The van der Waals surface area contributed by atoms with Crippen molar-refractivity contribution in [2.45, 2.75) is 0 Å². The minimum absolute atomic E-state index is 0.0556. The Kier molecular flexibility index (Phi) is 154. The summed E-state index contributed by atoms with van der Waals surface area (Å²) in [4.78, 5) is 0. The second kappa shape index (κ2) is 69.7. The third-order valence-corrected chi connectivity index (χ3v) is 0. The van der Waals surface area contributed by atoms with Gasteiger partial charge in [-0.2, -0.15) is 0 Å². The van der Waals surface area contributed by atoms with Crippen LogP contribution in [-0.4, -0.2) is 33.5 Å². The molecule has 0 rings (SSSR count). The molecule has 0 saturated carbocycles. The van der Waals surface area contributed by atoms with Crippen molar-refractivity contribution in [1.29, 1.82) is 0 Å². The molecule has 0 N–H and O–H groups in total. The third-order valence-electron chi connectivity index (χ3n) is 0.